The lowest BCUT2D eigenvalue weighted by atomic mass is 9.89. The van der Waals surface area contributed by atoms with Crippen molar-refractivity contribution in [2.75, 3.05) is 18.8 Å². The normalized spacial score (nSPS) is 17.5. The smallest absolute Gasteiger partial charge is 0.219 e. The first-order valence-corrected chi connectivity index (χ1v) is 11.5. The third-order valence-electron chi connectivity index (χ3n) is 5.73. The van der Waals surface area contributed by atoms with Gasteiger partial charge in [-0.1, -0.05) is 55.1 Å². The van der Waals surface area contributed by atoms with Crippen molar-refractivity contribution in [3.05, 3.63) is 77.6 Å². The number of hydrogen-bond donors (Lipinski definition) is 0. The average Bonchev–Trinajstić information content (AvgIpc) is 2.75. The summed E-state index contributed by atoms with van der Waals surface area (Å²) in [6.45, 7) is 5.20. The highest BCUT2D eigenvalue weighted by molar-refractivity contribution is 8.14. The summed E-state index contributed by atoms with van der Waals surface area (Å²) in [5.74, 6) is 1.49. The van der Waals surface area contributed by atoms with Gasteiger partial charge in [-0.25, -0.2) is 0 Å². The summed E-state index contributed by atoms with van der Waals surface area (Å²) in [6.07, 6.45) is 7.48. The Morgan fingerprint density at radius 2 is 2.10 bits per heavy atom. The molecule has 1 aliphatic rings. The van der Waals surface area contributed by atoms with E-state index in [0.29, 0.717) is 5.92 Å². The molecule has 0 aliphatic carbocycles. The molecule has 0 saturated carbocycles. The van der Waals surface area contributed by atoms with E-state index in [1.807, 2.05) is 31.5 Å². The number of carbonyl (C=O) groups excluding carboxylic acids is 1. The molecule has 1 unspecified atom stereocenters. The predicted molar refractivity (Wildman–Crippen MR) is 122 cm³/mol. The summed E-state index contributed by atoms with van der Waals surface area (Å²) >= 11 is 1.38. The Morgan fingerprint density at radius 1 is 1.21 bits per heavy atom. The van der Waals surface area contributed by atoms with Crippen molar-refractivity contribution in [3.63, 3.8) is 0 Å². The van der Waals surface area contributed by atoms with Crippen LogP contribution in [0.1, 0.15) is 41.3 Å². The van der Waals surface area contributed by atoms with Crippen LogP contribution in [0.5, 0.6) is 0 Å². The van der Waals surface area contributed by atoms with Gasteiger partial charge < -0.3 is 0 Å². The van der Waals surface area contributed by atoms with Crippen LogP contribution in [0.3, 0.4) is 0 Å². The second-order valence-electron chi connectivity index (χ2n) is 7.88. The second-order valence-corrected chi connectivity index (χ2v) is 9.12. The molecule has 1 fully saturated rings. The topological polar surface area (TPSA) is 33.2 Å². The zero-order valence-corrected chi connectivity index (χ0v) is 17.8. The number of likely N-dealkylation sites (tertiary alicyclic amines) is 1. The molecule has 2 aromatic carbocycles. The van der Waals surface area contributed by atoms with Crippen molar-refractivity contribution >= 4 is 27.6 Å². The molecule has 2 heterocycles. The fourth-order valence-electron chi connectivity index (χ4n) is 4.41. The van der Waals surface area contributed by atoms with Crippen molar-refractivity contribution in [2.24, 2.45) is 5.92 Å². The van der Waals surface area contributed by atoms with Gasteiger partial charge >= 0.3 is 0 Å². The van der Waals surface area contributed by atoms with Crippen LogP contribution in [0, 0.1) is 5.92 Å². The number of thioether (sulfide) groups is 1. The number of piperidine rings is 1. The van der Waals surface area contributed by atoms with Gasteiger partial charge in [0.2, 0.25) is 5.12 Å². The molecule has 3 nitrogen and oxygen atoms in total. The largest absolute Gasteiger partial charge is 0.299 e. The molecule has 1 saturated heterocycles. The number of aromatic nitrogens is 1. The van der Waals surface area contributed by atoms with Gasteiger partial charge in [-0.2, -0.15) is 0 Å². The molecule has 1 aliphatic heterocycles. The quantitative estimate of drug-likeness (QED) is 0.537. The molecule has 0 N–H and O–H groups in total. The highest BCUT2D eigenvalue weighted by atomic mass is 32.2. The third-order valence-corrected chi connectivity index (χ3v) is 6.51. The van der Waals surface area contributed by atoms with Gasteiger partial charge in [0.05, 0.1) is 0 Å². The monoisotopic (exact) mass is 404 g/mol. The number of nitrogens with zero attached hydrogens (tertiary/aromatic N) is 2. The van der Waals surface area contributed by atoms with E-state index in [1.165, 1.54) is 46.5 Å². The van der Waals surface area contributed by atoms with E-state index in [1.54, 1.807) is 0 Å². The van der Waals surface area contributed by atoms with Gasteiger partial charge in [0, 0.05) is 36.4 Å². The highest BCUT2D eigenvalue weighted by Crippen LogP contribution is 2.26. The van der Waals surface area contributed by atoms with E-state index >= 15 is 0 Å². The molecule has 4 rings (SSSR count). The van der Waals surface area contributed by atoms with Crippen LogP contribution < -0.4 is 0 Å². The molecule has 1 aromatic heterocycles. The molecular formula is C25H28N2OS. The molecule has 29 heavy (non-hydrogen) atoms. The van der Waals surface area contributed by atoms with Crippen molar-refractivity contribution in [2.45, 2.75) is 32.7 Å². The number of rotatable bonds is 6. The summed E-state index contributed by atoms with van der Waals surface area (Å²) < 4.78 is 0. The number of fused-ring (bicyclic) bond motifs is 1. The molecule has 0 spiro atoms. The van der Waals surface area contributed by atoms with E-state index in [4.69, 9.17) is 0 Å². The fraction of sp³-hybridized carbons (Fsp3) is 0.360. The third kappa shape index (κ3) is 5.06. The van der Waals surface area contributed by atoms with Gasteiger partial charge in [-0.15, -0.1) is 0 Å². The van der Waals surface area contributed by atoms with Gasteiger partial charge in [0.1, 0.15) is 0 Å². The minimum Gasteiger partial charge on any atom is -0.299 e. The predicted octanol–water partition coefficient (Wildman–Crippen LogP) is 5.58. The van der Waals surface area contributed by atoms with Crippen LogP contribution >= 0.6 is 11.8 Å². The van der Waals surface area contributed by atoms with E-state index in [-0.39, 0.29) is 5.12 Å². The molecule has 4 heteroatoms. The maximum absolute atomic E-state index is 12.2. The first kappa shape index (κ1) is 20.1. The Kier molecular flexibility index (Phi) is 6.63. The Labute approximate surface area is 177 Å². The average molecular weight is 405 g/mol. The molecule has 3 aromatic rings. The zero-order chi connectivity index (χ0) is 20.1. The van der Waals surface area contributed by atoms with Gasteiger partial charge in [0.15, 0.2) is 0 Å². The summed E-state index contributed by atoms with van der Waals surface area (Å²) in [4.78, 5) is 19.0. The molecule has 0 radical (unpaired) electrons. The van der Waals surface area contributed by atoms with Crippen LogP contribution in [-0.2, 0) is 13.0 Å². The molecule has 1 atom stereocenters. The Bertz CT molecular complexity index is 982. The summed E-state index contributed by atoms with van der Waals surface area (Å²) in [5, 5.41) is 2.74. The van der Waals surface area contributed by atoms with Crippen LogP contribution in [0.4, 0.5) is 0 Å². The Hall–Kier alpha value is -2.17. The van der Waals surface area contributed by atoms with Gasteiger partial charge in [-0.3, -0.25) is 14.7 Å². The molecular weight excluding hydrogens is 376 g/mol. The van der Waals surface area contributed by atoms with Gasteiger partial charge in [-0.05, 0) is 66.1 Å². The lowest BCUT2D eigenvalue weighted by Crippen LogP contribution is -2.35. The van der Waals surface area contributed by atoms with Crippen molar-refractivity contribution in [3.8, 4) is 0 Å². The summed E-state index contributed by atoms with van der Waals surface area (Å²) in [7, 11) is 0. The van der Waals surface area contributed by atoms with E-state index in [2.05, 4.69) is 46.3 Å². The van der Waals surface area contributed by atoms with Crippen molar-refractivity contribution < 1.29 is 4.79 Å². The number of hydrogen-bond acceptors (Lipinski definition) is 4. The minimum absolute atomic E-state index is 0.177. The Balaban J connectivity index is 1.42. The number of pyridine rings is 1. The van der Waals surface area contributed by atoms with Crippen molar-refractivity contribution in [1.82, 2.24) is 9.88 Å². The summed E-state index contributed by atoms with van der Waals surface area (Å²) in [6, 6.07) is 16.9. The summed E-state index contributed by atoms with van der Waals surface area (Å²) in [5.41, 5.74) is 3.50. The van der Waals surface area contributed by atoms with Crippen molar-refractivity contribution in [1.29, 1.82) is 0 Å². The lowest BCUT2D eigenvalue weighted by molar-refractivity contribution is 0.108. The first-order chi connectivity index (χ1) is 14.2. The first-order valence-electron chi connectivity index (χ1n) is 10.5. The lowest BCUT2D eigenvalue weighted by Gasteiger charge is -2.33. The van der Waals surface area contributed by atoms with E-state index < -0.39 is 0 Å². The van der Waals surface area contributed by atoms with Crippen LogP contribution in [0.25, 0.3) is 10.8 Å². The maximum atomic E-state index is 12.2. The zero-order valence-electron chi connectivity index (χ0n) is 17.0. The standard InChI is InChI=1S/C25H28N2OS/c1-2-29-25(28)22-9-3-6-19(15-22)17-27-13-5-7-20(18-27)14-21-8-4-10-23-16-26-12-11-24(21)23/h3-4,6,8-12,15-16,20H,2,5,7,13-14,17-18H2,1H3. The van der Waals surface area contributed by atoms with E-state index in [0.717, 1.165) is 37.4 Å². The number of benzene rings is 2. The minimum atomic E-state index is 0.177. The SMILES string of the molecule is CCSC(=O)c1cccc(CN2CCCC(Cc3cccc4cnccc34)C2)c1. The maximum Gasteiger partial charge on any atom is 0.219 e. The fourth-order valence-corrected chi connectivity index (χ4v) is 4.97. The van der Waals surface area contributed by atoms with Crippen LogP contribution in [0.2, 0.25) is 0 Å². The molecule has 150 valence electrons. The second kappa shape index (κ2) is 9.55. The van der Waals surface area contributed by atoms with E-state index in [9.17, 15) is 4.79 Å². The van der Waals surface area contributed by atoms with Crippen LogP contribution in [-0.4, -0.2) is 33.8 Å². The highest BCUT2D eigenvalue weighted by Gasteiger charge is 2.21. The van der Waals surface area contributed by atoms with Crippen LogP contribution in [0.15, 0.2) is 60.9 Å². The Morgan fingerprint density at radius 3 is 3.00 bits per heavy atom. The molecule has 0 bridgehead atoms. The molecule has 0 amide bonds. The number of carbonyl (C=O) groups is 1. The van der Waals surface area contributed by atoms with Gasteiger partial charge in [0.25, 0.3) is 0 Å².